The Morgan fingerprint density at radius 2 is 1.84 bits per heavy atom. The molecule has 4 nitrogen and oxygen atoms in total. The first-order chi connectivity index (χ1) is 12.0. The molecule has 1 atom stereocenters. The van der Waals surface area contributed by atoms with Crippen molar-refractivity contribution in [1.82, 2.24) is 4.90 Å². The summed E-state index contributed by atoms with van der Waals surface area (Å²) >= 11 is 0. The first-order valence-electron chi connectivity index (χ1n) is 8.50. The van der Waals surface area contributed by atoms with Gasteiger partial charge in [-0.3, -0.25) is 9.59 Å². The molecule has 1 fully saturated rings. The highest BCUT2D eigenvalue weighted by atomic mass is 19.1. The van der Waals surface area contributed by atoms with Crippen molar-refractivity contribution < 1.29 is 14.0 Å². The van der Waals surface area contributed by atoms with Gasteiger partial charge in [-0.15, -0.1) is 0 Å². The second kappa shape index (κ2) is 7.47. The van der Waals surface area contributed by atoms with Gasteiger partial charge in [-0.1, -0.05) is 19.1 Å². The van der Waals surface area contributed by atoms with E-state index in [1.165, 1.54) is 24.3 Å². The van der Waals surface area contributed by atoms with Crippen molar-refractivity contribution in [2.45, 2.75) is 19.8 Å². The zero-order valence-corrected chi connectivity index (χ0v) is 14.2. The van der Waals surface area contributed by atoms with Crippen LogP contribution in [0.4, 0.5) is 10.1 Å². The number of nitrogens with zero attached hydrogens (tertiary/aromatic N) is 1. The van der Waals surface area contributed by atoms with Gasteiger partial charge in [-0.05, 0) is 55.2 Å². The van der Waals surface area contributed by atoms with Crippen LogP contribution in [0.2, 0.25) is 0 Å². The molecule has 25 heavy (non-hydrogen) atoms. The molecular weight excluding hydrogens is 319 g/mol. The van der Waals surface area contributed by atoms with Gasteiger partial charge in [-0.2, -0.15) is 0 Å². The van der Waals surface area contributed by atoms with Crippen molar-refractivity contribution in [3.63, 3.8) is 0 Å². The average molecular weight is 340 g/mol. The molecule has 1 aliphatic heterocycles. The lowest BCUT2D eigenvalue weighted by Crippen LogP contribution is -2.39. The molecule has 2 amide bonds. The number of benzene rings is 2. The molecule has 130 valence electrons. The summed E-state index contributed by atoms with van der Waals surface area (Å²) < 4.78 is 13.0. The smallest absolute Gasteiger partial charge is 0.255 e. The summed E-state index contributed by atoms with van der Waals surface area (Å²) in [4.78, 5) is 27.1. The van der Waals surface area contributed by atoms with Crippen LogP contribution in [0.5, 0.6) is 0 Å². The summed E-state index contributed by atoms with van der Waals surface area (Å²) in [5.41, 5.74) is 1.29. The summed E-state index contributed by atoms with van der Waals surface area (Å²) in [6.07, 6.45) is 2.13. The number of anilines is 1. The minimum atomic E-state index is -0.397. The van der Waals surface area contributed by atoms with Gasteiger partial charge >= 0.3 is 0 Å². The lowest BCUT2D eigenvalue weighted by Gasteiger charge is -2.31. The Hall–Kier alpha value is -2.69. The van der Waals surface area contributed by atoms with Crippen molar-refractivity contribution in [3.8, 4) is 0 Å². The van der Waals surface area contributed by atoms with Crippen LogP contribution in [0.3, 0.4) is 0 Å². The highest BCUT2D eigenvalue weighted by Crippen LogP contribution is 2.22. The van der Waals surface area contributed by atoms with Gasteiger partial charge < -0.3 is 10.2 Å². The average Bonchev–Trinajstić information content (AvgIpc) is 2.62. The van der Waals surface area contributed by atoms with Crippen LogP contribution in [-0.4, -0.2) is 29.8 Å². The van der Waals surface area contributed by atoms with E-state index >= 15 is 0 Å². The monoisotopic (exact) mass is 340 g/mol. The minimum absolute atomic E-state index is 0.0680. The minimum Gasteiger partial charge on any atom is -0.338 e. The Kier molecular flexibility index (Phi) is 5.12. The number of para-hydroxylation sites is 1. The molecule has 0 radical (unpaired) electrons. The maximum Gasteiger partial charge on any atom is 0.255 e. The third-order valence-corrected chi connectivity index (χ3v) is 4.46. The fourth-order valence-electron chi connectivity index (χ4n) is 3.12. The second-order valence-electron chi connectivity index (χ2n) is 6.51. The molecule has 1 saturated heterocycles. The molecule has 0 spiro atoms. The van der Waals surface area contributed by atoms with Gasteiger partial charge in [0, 0.05) is 18.7 Å². The highest BCUT2D eigenvalue weighted by molar-refractivity contribution is 6.09. The number of rotatable bonds is 3. The van der Waals surface area contributed by atoms with Crippen LogP contribution in [-0.2, 0) is 0 Å². The summed E-state index contributed by atoms with van der Waals surface area (Å²) in [6, 6.07) is 12.3. The maximum absolute atomic E-state index is 13.0. The molecule has 5 heteroatoms. The predicted molar refractivity (Wildman–Crippen MR) is 95.1 cm³/mol. The first-order valence-corrected chi connectivity index (χ1v) is 8.50. The Labute approximate surface area is 146 Å². The molecule has 2 aromatic carbocycles. The van der Waals surface area contributed by atoms with Crippen LogP contribution in [0.25, 0.3) is 0 Å². The molecule has 0 unspecified atom stereocenters. The number of amides is 2. The lowest BCUT2D eigenvalue weighted by atomic mass is 9.99. The number of halogens is 1. The van der Waals surface area contributed by atoms with E-state index in [1.807, 2.05) is 4.90 Å². The summed E-state index contributed by atoms with van der Waals surface area (Å²) in [7, 11) is 0. The van der Waals surface area contributed by atoms with Gasteiger partial charge in [-0.25, -0.2) is 4.39 Å². The van der Waals surface area contributed by atoms with Crippen LogP contribution in [0.1, 0.15) is 40.5 Å². The topological polar surface area (TPSA) is 49.4 Å². The van der Waals surface area contributed by atoms with Crippen molar-refractivity contribution in [2.75, 3.05) is 18.4 Å². The van der Waals surface area contributed by atoms with Gasteiger partial charge in [0.1, 0.15) is 5.82 Å². The van der Waals surface area contributed by atoms with Crippen molar-refractivity contribution in [3.05, 3.63) is 65.5 Å². The Morgan fingerprint density at radius 3 is 2.56 bits per heavy atom. The number of hydrogen-bond acceptors (Lipinski definition) is 2. The third-order valence-electron chi connectivity index (χ3n) is 4.46. The van der Waals surface area contributed by atoms with Crippen LogP contribution in [0.15, 0.2) is 48.5 Å². The van der Waals surface area contributed by atoms with E-state index in [2.05, 4.69) is 12.2 Å². The maximum atomic E-state index is 13.0. The van der Waals surface area contributed by atoms with Gasteiger partial charge in [0.05, 0.1) is 11.3 Å². The Balaban J connectivity index is 1.79. The fraction of sp³-hybridized carbons (Fsp3) is 0.300. The molecule has 0 bridgehead atoms. The second-order valence-corrected chi connectivity index (χ2v) is 6.51. The van der Waals surface area contributed by atoms with Crippen LogP contribution >= 0.6 is 0 Å². The molecule has 0 saturated carbocycles. The SMILES string of the molecule is C[C@@H]1CCCN(C(=O)c2ccccc2NC(=O)c2ccc(F)cc2)C1. The number of carbonyl (C=O) groups excluding carboxylic acids is 2. The lowest BCUT2D eigenvalue weighted by molar-refractivity contribution is 0.0684. The van der Waals surface area contributed by atoms with E-state index in [9.17, 15) is 14.0 Å². The molecule has 3 rings (SSSR count). The van der Waals surface area contributed by atoms with Crippen LogP contribution in [0, 0.1) is 11.7 Å². The number of nitrogens with one attached hydrogen (secondary N) is 1. The molecule has 1 heterocycles. The van der Waals surface area contributed by atoms with E-state index in [1.54, 1.807) is 24.3 Å². The summed E-state index contributed by atoms with van der Waals surface area (Å²) in [6.45, 7) is 3.62. The molecule has 1 aliphatic rings. The summed E-state index contributed by atoms with van der Waals surface area (Å²) in [5.74, 6) is -0.348. The number of piperidine rings is 1. The molecule has 0 aromatic heterocycles. The zero-order chi connectivity index (χ0) is 17.8. The van der Waals surface area contributed by atoms with E-state index in [-0.39, 0.29) is 11.8 Å². The third kappa shape index (κ3) is 4.05. The van der Waals surface area contributed by atoms with E-state index < -0.39 is 5.82 Å². The number of likely N-dealkylation sites (tertiary alicyclic amines) is 1. The quantitative estimate of drug-likeness (QED) is 0.920. The van der Waals surface area contributed by atoms with Crippen molar-refractivity contribution >= 4 is 17.5 Å². The number of carbonyl (C=O) groups is 2. The van der Waals surface area contributed by atoms with Crippen molar-refractivity contribution in [2.24, 2.45) is 5.92 Å². The van der Waals surface area contributed by atoms with Gasteiger partial charge in [0.2, 0.25) is 0 Å². The predicted octanol–water partition coefficient (Wildman–Crippen LogP) is 3.95. The first kappa shape index (κ1) is 17.1. The Bertz CT molecular complexity index is 774. The largest absolute Gasteiger partial charge is 0.338 e. The van der Waals surface area contributed by atoms with E-state index in [0.29, 0.717) is 22.7 Å². The standard InChI is InChI=1S/C20H21FN2O2/c1-14-5-4-12-23(13-14)20(25)17-6-2-3-7-18(17)22-19(24)15-8-10-16(21)11-9-15/h2-3,6-11,14H,4-5,12-13H2,1H3,(H,22,24)/t14-/m1/s1. The Morgan fingerprint density at radius 1 is 1.12 bits per heavy atom. The van der Waals surface area contributed by atoms with Gasteiger partial charge in [0.15, 0.2) is 0 Å². The highest BCUT2D eigenvalue weighted by Gasteiger charge is 2.24. The zero-order valence-electron chi connectivity index (χ0n) is 14.2. The van der Waals surface area contributed by atoms with E-state index in [0.717, 1.165) is 25.9 Å². The molecular formula is C20H21FN2O2. The normalized spacial score (nSPS) is 17.2. The molecule has 2 aromatic rings. The fourth-order valence-corrected chi connectivity index (χ4v) is 3.12. The van der Waals surface area contributed by atoms with Crippen LogP contribution < -0.4 is 5.32 Å². The molecule has 0 aliphatic carbocycles. The molecule has 1 N–H and O–H groups in total. The number of hydrogen-bond donors (Lipinski definition) is 1. The van der Waals surface area contributed by atoms with Crippen molar-refractivity contribution in [1.29, 1.82) is 0 Å². The van der Waals surface area contributed by atoms with E-state index in [4.69, 9.17) is 0 Å². The van der Waals surface area contributed by atoms with Gasteiger partial charge in [0.25, 0.3) is 11.8 Å². The summed E-state index contributed by atoms with van der Waals surface area (Å²) in [5, 5.41) is 2.77.